The van der Waals surface area contributed by atoms with Gasteiger partial charge >= 0.3 is 0 Å². The van der Waals surface area contributed by atoms with Gasteiger partial charge < -0.3 is 5.11 Å². The smallest absolute Gasteiger partial charge is 0.129 e. The van der Waals surface area contributed by atoms with E-state index in [1.807, 2.05) is 23.9 Å². The van der Waals surface area contributed by atoms with Gasteiger partial charge in [-0.15, -0.1) is 11.8 Å². The number of benzene rings is 1. The lowest BCUT2D eigenvalue weighted by atomic mass is 9.83. The number of nitrogens with zero attached hydrogens (tertiary/aromatic N) is 1. The van der Waals surface area contributed by atoms with Crippen molar-refractivity contribution in [2.24, 2.45) is 0 Å². The molecule has 0 radical (unpaired) electrons. The van der Waals surface area contributed by atoms with Crippen LogP contribution in [-0.4, -0.2) is 34.9 Å². The summed E-state index contributed by atoms with van der Waals surface area (Å²) in [6, 6.07) is 6.71. The highest BCUT2D eigenvalue weighted by Crippen LogP contribution is 2.47. The molecule has 1 fully saturated rings. The summed E-state index contributed by atoms with van der Waals surface area (Å²) >= 11 is 1.84. The molecule has 0 bridgehead atoms. The zero-order valence-electron chi connectivity index (χ0n) is 10.9. The van der Waals surface area contributed by atoms with Gasteiger partial charge in [-0.2, -0.15) is 0 Å². The van der Waals surface area contributed by atoms with Crippen molar-refractivity contribution in [3.63, 3.8) is 0 Å². The van der Waals surface area contributed by atoms with Gasteiger partial charge in [0.05, 0.1) is 4.90 Å². The van der Waals surface area contributed by atoms with Crippen LogP contribution in [0.3, 0.4) is 0 Å². The molecule has 2 atom stereocenters. The molecule has 0 unspecified atom stereocenters. The molecule has 1 aromatic rings. The molecule has 2 nitrogen and oxygen atoms in total. The van der Waals surface area contributed by atoms with E-state index in [-0.39, 0.29) is 0 Å². The maximum Gasteiger partial charge on any atom is 0.129 e. The molecule has 1 aromatic carbocycles. The van der Waals surface area contributed by atoms with Gasteiger partial charge in [-0.3, -0.25) is 4.90 Å². The fourth-order valence-electron chi connectivity index (χ4n) is 3.44. The van der Waals surface area contributed by atoms with E-state index in [1.54, 1.807) is 0 Å². The second-order valence-corrected chi connectivity index (χ2v) is 6.39. The molecule has 0 spiro atoms. The second-order valence-electron chi connectivity index (χ2n) is 5.36. The van der Waals surface area contributed by atoms with Crippen LogP contribution in [-0.2, 0) is 0 Å². The van der Waals surface area contributed by atoms with Gasteiger partial charge in [0.1, 0.15) is 5.75 Å². The van der Waals surface area contributed by atoms with E-state index in [0.29, 0.717) is 17.7 Å². The highest BCUT2D eigenvalue weighted by atomic mass is 32.2. The maximum atomic E-state index is 9.98. The van der Waals surface area contributed by atoms with Crippen molar-refractivity contribution in [1.29, 1.82) is 0 Å². The Labute approximate surface area is 113 Å². The topological polar surface area (TPSA) is 23.5 Å². The molecule has 2 aliphatic rings. The fourth-order valence-corrected chi connectivity index (χ4v) is 4.82. The standard InChI is InChI=1S/C15H21NOS/c1-2-8-16-9-4-6-11-12-5-3-7-14(17)15(12)18-10-13(11)16/h3,5,7,11,13,17H,2,4,6,8-10H2,1H3/t11-,13-/m0/s1. The molecule has 18 heavy (non-hydrogen) atoms. The molecule has 0 saturated carbocycles. The van der Waals surface area contributed by atoms with Crippen molar-refractivity contribution < 1.29 is 5.11 Å². The third kappa shape index (κ3) is 2.04. The van der Waals surface area contributed by atoms with E-state index >= 15 is 0 Å². The van der Waals surface area contributed by atoms with Crippen LogP contribution in [0, 0.1) is 0 Å². The van der Waals surface area contributed by atoms with E-state index in [1.165, 1.54) is 37.9 Å². The molecule has 0 aromatic heterocycles. The van der Waals surface area contributed by atoms with Crippen molar-refractivity contribution in [3.8, 4) is 5.75 Å². The summed E-state index contributed by atoms with van der Waals surface area (Å²) in [5.74, 6) is 2.24. The average Bonchev–Trinajstić information content (AvgIpc) is 2.40. The van der Waals surface area contributed by atoms with Crippen molar-refractivity contribution in [2.45, 2.75) is 43.0 Å². The fraction of sp³-hybridized carbons (Fsp3) is 0.600. The Bertz CT molecular complexity index is 433. The third-order valence-corrected chi connectivity index (χ3v) is 5.47. The first-order valence-corrected chi connectivity index (χ1v) is 7.98. The van der Waals surface area contributed by atoms with Crippen LogP contribution >= 0.6 is 11.8 Å². The van der Waals surface area contributed by atoms with Crippen LogP contribution in [0.4, 0.5) is 0 Å². The Morgan fingerprint density at radius 1 is 1.44 bits per heavy atom. The van der Waals surface area contributed by atoms with Crippen molar-refractivity contribution in [2.75, 3.05) is 18.8 Å². The van der Waals surface area contributed by atoms with E-state index in [4.69, 9.17) is 0 Å². The SMILES string of the molecule is CCCN1CCC[C@H]2c3cccc(O)c3SC[C@@H]21. The van der Waals surface area contributed by atoms with Gasteiger partial charge in [-0.25, -0.2) is 0 Å². The van der Waals surface area contributed by atoms with E-state index in [9.17, 15) is 5.11 Å². The highest BCUT2D eigenvalue weighted by molar-refractivity contribution is 7.99. The molecule has 3 heteroatoms. The number of aromatic hydroxyl groups is 1. The minimum Gasteiger partial charge on any atom is -0.507 e. The quantitative estimate of drug-likeness (QED) is 0.884. The maximum absolute atomic E-state index is 9.98. The summed E-state index contributed by atoms with van der Waals surface area (Å²) in [5.41, 5.74) is 1.39. The van der Waals surface area contributed by atoms with Crippen LogP contribution in [0.5, 0.6) is 5.75 Å². The van der Waals surface area contributed by atoms with E-state index in [2.05, 4.69) is 17.9 Å². The van der Waals surface area contributed by atoms with Crippen LogP contribution in [0.1, 0.15) is 37.7 Å². The number of thioether (sulfide) groups is 1. The molecule has 3 rings (SSSR count). The summed E-state index contributed by atoms with van der Waals surface area (Å²) < 4.78 is 0. The third-order valence-electron chi connectivity index (χ3n) is 4.23. The highest BCUT2D eigenvalue weighted by Gasteiger charge is 2.36. The Hall–Kier alpha value is -0.670. The van der Waals surface area contributed by atoms with E-state index < -0.39 is 0 Å². The van der Waals surface area contributed by atoms with Crippen LogP contribution in [0.25, 0.3) is 0 Å². The first kappa shape index (κ1) is 12.4. The van der Waals surface area contributed by atoms with Gasteiger partial charge in [-0.05, 0) is 44.0 Å². The first-order chi connectivity index (χ1) is 8.81. The minimum absolute atomic E-state index is 0.476. The Morgan fingerprint density at radius 3 is 3.17 bits per heavy atom. The van der Waals surface area contributed by atoms with Gasteiger partial charge in [0, 0.05) is 17.7 Å². The number of likely N-dealkylation sites (tertiary alicyclic amines) is 1. The number of piperidine rings is 1. The van der Waals surface area contributed by atoms with Crippen molar-refractivity contribution >= 4 is 11.8 Å². The van der Waals surface area contributed by atoms with Crippen molar-refractivity contribution in [3.05, 3.63) is 23.8 Å². The van der Waals surface area contributed by atoms with Crippen LogP contribution < -0.4 is 0 Å². The summed E-state index contributed by atoms with van der Waals surface area (Å²) in [5, 5.41) is 9.98. The molecular formula is C15H21NOS. The molecule has 0 aliphatic carbocycles. The Morgan fingerprint density at radius 2 is 2.33 bits per heavy atom. The second kappa shape index (κ2) is 5.14. The number of phenolic OH excluding ortho intramolecular Hbond substituents is 1. The predicted octanol–water partition coefficient (Wildman–Crippen LogP) is 3.46. The predicted molar refractivity (Wildman–Crippen MR) is 76.5 cm³/mol. The molecule has 2 aliphatic heterocycles. The molecule has 1 N–H and O–H groups in total. The lowest BCUT2D eigenvalue weighted by molar-refractivity contribution is 0.139. The number of hydrogen-bond acceptors (Lipinski definition) is 3. The van der Waals surface area contributed by atoms with E-state index in [0.717, 1.165) is 10.6 Å². The van der Waals surface area contributed by atoms with Gasteiger partial charge in [0.2, 0.25) is 0 Å². The summed E-state index contributed by atoms with van der Waals surface area (Å²) in [6.45, 7) is 4.74. The van der Waals surface area contributed by atoms with Gasteiger partial charge in [-0.1, -0.05) is 19.1 Å². The van der Waals surface area contributed by atoms with Crippen LogP contribution in [0.2, 0.25) is 0 Å². The molecular weight excluding hydrogens is 242 g/mol. The molecule has 0 amide bonds. The lowest BCUT2D eigenvalue weighted by Gasteiger charge is -2.44. The lowest BCUT2D eigenvalue weighted by Crippen LogP contribution is -2.47. The van der Waals surface area contributed by atoms with Gasteiger partial charge in [0.15, 0.2) is 0 Å². The number of phenols is 1. The largest absolute Gasteiger partial charge is 0.507 e. The normalized spacial score (nSPS) is 27.6. The minimum atomic E-state index is 0.476. The van der Waals surface area contributed by atoms with Crippen molar-refractivity contribution in [1.82, 2.24) is 4.90 Å². The molecule has 2 heterocycles. The van der Waals surface area contributed by atoms with Crippen LogP contribution in [0.15, 0.2) is 23.1 Å². The summed E-state index contributed by atoms with van der Waals surface area (Å²) in [7, 11) is 0. The Balaban J connectivity index is 1.92. The molecule has 1 saturated heterocycles. The zero-order chi connectivity index (χ0) is 12.5. The summed E-state index contributed by atoms with van der Waals surface area (Å²) in [4.78, 5) is 3.80. The number of fused-ring (bicyclic) bond motifs is 3. The zero-order valence-corrected chi connectivity index (χ0v) is 11.7. The molecule has 98 valence electrons. The summed E-state index contributed by atoms with van der Waals surface area (Å²) in [6.07, 6.45) is 3.81. The Kier molecular flexibility index (Phi) is 3.53. The number of rotatable bonds is 2. The van der Waals surface area contributed by atoms with Gasteiger partial charge in [0.25, 0.3) is 0 Å². The monoisotopic (exact) mass is 263 g/mol. The average molecular weight is 263 g/mol. The first-order valence-electron chi connectivity index (χ1n) is 7.00. The number of hydrogen-bond donors (Lipinski definition) is 1.